The van der Waals surface area contributed by atoms with E-state index >= 15 is 0 Å². The van der Waals surface area contributed by atoms with Crippen LogP contribution >= 0.6 is 27.7 Å². The summed E-state index contributed by atoms with van der Waals surface area (Å²) in [7, 11) is 0. The third-order valence-electron chi connectivity index (χ3n) is 3.38. The summed E-state index contributed by atoms with van der Waals surface area (Å²) in [6.07, 6.45) is 3.37. The molecule has 1 fully saturated rings. The first-order chi connectivity index (χ1) is 9.10. The van der Waals surface area contributed by atoms with E-state index in [1.807, 2.05) is 11.8 Å². The number of carbonyl (C=O) groups is 1. The lowest BCUT2D eigenvalue weighted by atomic mass is 10.1. The summed E-state index contributed by atoms with van der Waals surface area (Å²) in [6, 6.07) is 5.61. The van der Waals surface area contributed by atoms with Crippen molar-refractivity contribution in [2.75, 3.05) is 11.5 Å². The molecule has 19 heavy (non-hydrogen) atoms. The van der Waals surface area contributed by atoms with E-state index < -0.39 is 0 Å². The maximum Gasteiger partial charge on any atom is 0.251 e. The Labute approximate surface area is 126 Å². The molecule has 2 unspecified atom stereocenters. The van der Waals surface area contributed by atoms with E-state index in [1.165, 1.54) is 6.42 Å². The van der Waals surface area contributed by atoms with Crippen LogP contribution in [0.1, 0.15) is 36.5 Å². The minimum Gasteiger partial charge on any atom is -0.398 e. The van der Waals surface area contributed by atoms with Gasteiger partial charge in [0.2, 0.25) is 0 Å². The van der Waals surface area contributed by atoms with Gasteiger partial charge in [0.15, 0.2) is 0 Å². The van der Waals surface area contributed by atoms with Crippen LogP contribution in [-0.4, -0.2) is 23.0 Å². The first-order valence-electron chi connectivity index (χ1n) is 6.57. The lowest BCUT2D eigenvalue weighted by Crippen LogP contribution is -2.33. The second-order valence-electron chi connectivity index (χ2n) is 4.80. The number of hydrogen-bond donors (Lipinski definition) is 2. The summed E-state index contributed by atoms with van der Waals surface area (Å²) < 4.78 is 0.769. The minimum atomic E-state index is -0.00662. The number of benzene rings is 1. The van der Waals surface area contributed by atoms with Gasteiger partial charge in [-0.15, -0.1) is 0 Å². The molecule has 1 aromatic carbocycles. The van der Waals surface area contributed by atoms with Crippen molar-refractivity contribution in [1.29, 1.82) is 0 Å². The van der Waals surface area contributed by atoms with E-state index in [1.54, 1.807) is 18.2 Å². The number of nitrogens with two attached hydrogens (primary N) is 1. The zero-order chi connectivity index (χ0) is 13.8. The maximum absolute atomic E-state index is 12.1. The molecule has 1 aliphatic rings. The maximum atomic E-state index is 12.1. The zero-order valence-corrected chi connectivity index (χ0v) is 13.4. The van der Waals surface area contributed by atoms with Crippen LogP contribution in [0.2, 0.25) is 0 Å². The number of carbonyl (C=O) groups excluding carboxylic acids is 1. The SMILES string of the molecule is CCSC1CCC(NC(=O)c2ccc(N)c(Br)c2)C1. The van der Waals surface area contributed by atoms with Gasteiger partial charge in [-0.05, 0) is 59.1 Å². The summed E-state index contributed by atoms with van der Waals surface area (Å²) in [4.78, 5) is 12.1. The van der Waals surface area contributed by atoms with Crippen molar-refractivity contribution in [3.63, 3.8) is 0 Å². The van der Waals surface area contributed by atoms with Crippen LogP contribution in [0.5, 0.6) is 0 Å². The fourth-order valence-electron chi connectivity index (χ4n) is 2.40. The van der Waals surface area contributed by atoms with Gasteiger partial charge in [0.05, 0.1) is 0 Å². The van der Waals surface area contributed by atoms with E-state index in [0.29, 0.717) is 22.5 Å². The van der Waals surface area contributed by atoms with Crippen LogP contribution in [-0.2, 0) is 0 Å². The van der Waals surface area contributed by atoms with Crippen LogP contribution in [0.3, 0.4) is 0 Å². The van der Waals surface area contributed by atoms with Crippen molar-refractivity contribution >= 4 is 39.3 Å². The van der Waals surface area contributed by atoms with Crippen LogP contribution in [0.25, 0.3) is 0 Å². The van der Waals surface area contributed by atoms with Crippen LogP contribution in [0.15, 0.2) is 22.7 Å². The first kappa shape index (κ1) is 14.7. The molecule has 104 valence electrons. The number of halogens is 1. The predicted molar refractivity (Wildman–Crippen MR) is 85.6 cm³/mol. The molecular formula is C14H19BrN2OS. The molecule has 0 radical (unpaired) electrons. The Morgan fingerprint density at radius 3 is 3.00 bits per heavy atom. The van der Waals surface area contributed by atoms with Gasteiger partial charge in [-0.1, -0.05) is 6.92 Å². The molecule has 0 aliphatic heterocycles. The molecule has 1 aliphatic carbocycles. The van der Waals surface area contributed by atoms with Gasteiger partial charge < -0.3 is 11.1 Å². The molecule has 3 nitrogen and oxygen atoms in total. The van der Waals surface area contributed by atoms with Gasteiger partial charge in [0.1, 0.15) is 0 Å². The molecule has 1 amide bonds. The Morgan fingerprint density at radius 1 is 1.53 bits per heavy atom. The van der Waals surface area contributed by atoms with Gasteiger partial charge in [-0.3, -0.25) is 4.79 Å². The molecule has 2 atom stereocenters. The molecule has 0 bridgehead atoms. The first-order valence-corrected chi connectivity index (χ1v) is 8.41. The fraction of sp³-hybridized carbons (Fsp3) is 0.500. The number of nitrogens with one attached hydrogen (secondary N) is 1. The highest BCUT2D eigenvalue weighted by atomic mass is 79.9. The molecule has 0 heterocycles. The normalized spacial score (nSPS) is 22.4. The average molecular weight is 343 g/mol. The van der Waals surface area contributed by atoms with Crippen molar-refractivity contribution in [3.05, 3.63) is 28.2 Å². The third-order valence-corrected chi connectivity index (χ3v) is 5.30. The van der Waals surface area contributed by atoms with Crippen molar-refractivity contribution < 1.29 is 4.79 Å². The summed E-state index contributed by atoms with van der Waals surface area (Å²) in [5, 5.41) is 3.82. The number of rotatable bonds is 4. The highest BCUT2D eigenvalue weighted by molar-refractivity contribution is 9.10. The number of amides is 1. The lowest BCUT2D eigenvalue weighted by molar-refractivity contribution is 0.0938. The van der Waals surface area contributed by atoms with Gasteiger partial charge in [-0.2, -0.15) is 11.8 Å². The average Bonchev–Trinajstić information content (AvgIpc) is 2.80. The second-order valence-corrected chi connectivity index (χ2v) is 7.23. The van der Waals surface area contributed by atoms with Crippen molar-refractivity contribution in [1.82, 2.24) is 5.32 Å². The molecule has 2 rings (SSSR count). The number of anilines is 1. The van der Waals surface area contributed by atoms with E-state index in [4.69, 9.17) is 5.73 Å². The van der Waals surface area contributed by atoms with Crippen molar-refractivity contribution in [2.24, 2.45) is 0 Å². The van der Waals surface area contributed by atoms with Gasteiger partial charge >= 0.3 is 0 Å². The van der Waals surface area contributed by atoms with Crippen molar-refractivity contribution in [3.8, 4) is 0 Å². The van der Waals surface area contributed by atoms with Crippen molar-refractivity contribution in [2.45, 2.75) is 37.5 Å². The molecule has 3 N–H and O–H groups in total. The quantitative estimate of drug-likeness (QED) is 0.824. The molecular weight excluding hydrogens is 324 g/mol. The molecule has 0 spiro atoms. The Hall–Kier alpha value is -0.680. The fourth-order valence-corrected chi connectivity index (χ4v) is 3.92. The summed E-state index contributed by atoms with van der Waals surface area (Å²) in [5.74, 6) is 1.14. The van der Waals surface area contributed by atoms with Crippen LogP contribution < -0.4 is 11.1 Å². The molecule has 1 aromatic rings. The Morgan fingerprint density at radius 2 is 2.32 bits per heavy atom. The summed E-state index contributed by atoms with van der Waals surface area (Å²) >= 11 is 5.34. The summed E-state index contributed by atoms with van der Waals surface area (Å²) in [6.45, 7) is 2.18. The zero-order valence-electron chi connectivity index (χ0n) is 11.0. The smallest absolute Gasteiger partial charge is 0.251 e. The monoisotopic (exact) mass is 342 g/mol. The Bertz CT molecular complexity index is 467. The topological polar surface area (TPSA) is 55.1 Å². The Kier molecular flexibility index (Phi) is 5.16. The Balaban J connectivity index is 1.92. The molecule has 0 aromatic heterocycles. The largest absolute Gasteiger partial charge is 0.398 e. The predicted octanol–water partition coefficient (Wildman–Crippen LogP) is 3.44. The summed E-state index contributed by atoms with van der Waals surface area (Å²) in [5.41, 5.74) is 7.03. The molecule has 5 heteroatoms. The second kappa shape index (κ2) is 6.66. The third kappa shape index (κ3) is 3.89. The molecule has 0 saturated heterocycles. The number of hydrogen-bond acceptors (Lipinski definition) is 3. The van der Waals surface area contributed by atoms with E-state index in [9.17, 15) is 4.79 Å². The van der Waals surface area contributed by atoms with Crippen LogP contribution in [0, 0.1) is 0 Å². The molecule has 1 saturated carbocycles. The highest BCUT2D eigenvalue weighted by Gasteiger charge is 2.26. The number of nitrogen functional groups attached to an aromatic ring is 1. The number of thioether (sulfide) groups is 1. The standard InChI is InChI=1S/C14H19BrN2OS/c1-2-19-11-5-4-10(8-11)17-14(18)9-3-6-13(16)12(15)7-9/h3,6-7,10-11H,2,4-5,8,16H2,1H3,(H,17,18). The highest BCUT2D eigenvalue weighted by Crippen LogP contribution is 2.30. The minimum absolute atomic E-state index is 0.00662. The van der Waals surface area contributed by atoms with Gasteiger partial charge in [0.25, 0.3) is 5.91 Å². The van der Waals surface area contributed by atoms with Crippen LogP contribution in [0.4, 0.5) is 5.69 Å². The van der Waals surface area contributed by atoms with E-state index in [-0.39, 0.29) is 5.91 Å². The lowest BCUT2D eigenvalue weighted by Gasteiger charge is -2.13. The van der Waals surface area contributed by atoms with Gasteiger partial charge in [-0.25, -0.2) is 0 Å². The van der Waals surface area contributed by atoms with E-state index in [0.717, 1.165) is 23.1 Å². The van der Waals surface area contributed by atoms with Gasteiger partial charge in [0, 0.05) is 27.0 Å². The van der Waals surface area contributed by atoms with E-state index in [2.05, 4.69) is 28.2 Å².